The van der Waals surface area contributed by atoms with Gasteiger partial charge in [-0.1, -0.05) is 30.3 Å². The van der Waals surface area contributed by atoms with E-state index in [9.17, 15) is 8.42 Å². The molecule has 0 unspecified atom stereocenters. The molecule has 1 aromatic heterocycles. The van der Waals surface area contributed by atoms with Crippen molar-refractivity contribution in [1.82, 2.24) is 4.98 Å². The molecule has 0 amide bonds. The van der Waals surface area contributed by atoms with Gasteiger partial charge in [-0.3, -0.25) is 9.71 Å². The van der Waals surface area contributed by atoms with Crippen LogP contribution in [-0.2, 0) is 10.0 Å². The summed E-state index contributed by atoms with van der Waals surface area (Å²) in [6.45, 7) is 3.85. The second kappa shape index (κ2) is 5.42. The first-order valence-corrected chi connectivity index (χ1v) is 8.40. The minimum atomic E-state index is -3.69. The fourth-order valence-corrected chi connectivity index (χ4v) is 3.66. The van der Waals surface area contributed by atoms with Crippen molar-refractivity contribution >= 4 is 26.6 Å². The Morgan fingerprint density at radius 3 is 2.50 bits per heavy atom. The van der Waals surface area contributed by atoms with Gasteiger partial charge in [-0.25, -0.2) is 8.42 Å². The number of benzene rings is 2. The third-order valence-electron chi connectivity index (χ3n) is 3.73. The molecule has 4 nitrogen and oxygen atoms in total. The average Bonchev–Trinajstić information content (AvgIpc) is 2.51. The largest absolute Gasteiger partial charge is 0.279 e. The molecule has 5 heteroatoms. The van der Waals surface area contributed by atoms with E-state index in [2.05, 4.69) is 9.71 Å². The van der Waals surface area contributed by atoms with E-state index in [4.69, 9.17) is 0 Å². The Bertz CT molecular complexity index is 945. The molecule has 0 fully saturated rings. The Hall–Kier alpha value is -2.40. The van der Waals surface area contributed by atoms with Crippen molar-refractivity contribution < 1.29 is 8.42 Å². The zero-order valence-corrected chi connectivity index (χ0v) is 13.2. The first-order chi connectivity index (χ1) is 10.5. The summed E-state index contributed by atoms with van der Waals surface area (Å²) in [5.74, 6) is 0. The van der Waals surface area contributed by atoms with Gasteiger partial charge in [0.05, 0.1) is 11.2 Å². The van der Waals surface area contributed by atoms with Crippen LogP contribution in [0.15, 0.2) is 59.6 Å². The lowest BCUT2D eigenvalue weighted by molar-refractivity contribution is 0.602. The van der Waals surface area contributed by atoms with E-state index in [1.165, 1.54) is 0 Å². The Kier molecular flexibility index (Phi) is 3.58. The fourth-order valence-electron chi connectivity index (χ4n) is 2.35. The number of hydrogen-bond donors (Lipinski definition) is 1. The highest BCUT2D eigenvalue weighted by atomic mass is 32.2. The zero-order valence-electron chi connectivity index (χ0n) is 12.4. The van der Waals surface area contributed by atoms with Gasteiger partial charge in [-0.2, -0.15) is 0 Å². The van der Waals surface area contributed by atoms with Gasteiger partial charge in [0.2, 0.25) is 0 Å². The average molecular weight is 312 g/mol. The molecule has 3 rings (SSSR count). The second-order valence-electron chi connectivity index (χ2n) is 5.18. The van der Waals surface area contributed by atoms with Crippen LogP contribution in [0.5, 0.6) is 0 Å². The summed E-state index contributed by atoms with van der Waals surface area (Å²) in [6, 6.07) is 14.3. The molecule has 0 bridgehead atoms. The predicted octanol–water partition coefficient (Wildman–Crippen LogP) is 3.65. The molecule has 0 radical (unpaired) electrons. The van der Waals surface area contributed by atoms with Crippen molar-refractivity contribution in [3.63, 3.8) is 0 Å². The number of rotatable bonds is 3. The molecule has 1 heterocycles. The van der Waals surface area contributed by atoms with Crippen LogP contribution >= 0.6 is 0 Å². The van der Waals surface area contributed by atoms with E-state index < -0.39 is 10.0 Å². The van der Waals surface area contributed by atoms with Gasteiger partial charge >= 0.3 is 0 Å². The molecular weight excluding hydrogens is 296 g/mol. The molecule has 0 saturated heterocycles. The van der Waals surface area contributed by atoms with Crippen molar-refractivity contribution in [2.24, 2.45) is 0 Å². The van der Waals surface area contributed by atoms with Gasteiger partial charge in [0.15, 0.2) is 0 Å². The van der Waals surface area contributed by atoms with Crippen molar-refractivity contribution in [3.8, 4) is 0 Å². The maximum absolute atomic E-state index is 12.7. The van der Waals surface area contributed by atoms with E-state index in [1.807, 2.05) is 38.1 Å². The Morgan fingerprint density at radius 1 is 0.955 bits per heavy atom. The van der Waals surface area contributed by atoms with Crippen LogP contribution in [0.25, 0.3) is 10.9 Å². The zero-order chi connectivity index (χ0) is 15.7. The molecule has 112 valence electrons. The molecule has 0 saturated carbocycles. The topological polar surface area (TPSA) is 59.1 Å². The van der Waals surface area contributed by atoms with Crippen LogP contribution < -0.4 is 4.72 Å². The van der Waals surface area contributed by atoms with E-state index in [-0.39, 0.29) is 4.90 Å². The molecule has 2 aromatic carbocycles. The minimum Gasteiger partial charge on any atom is -0.279 e. The number of sulfonamides is 1. The molecule has 0 aliphatic carbocycles. The minimum absolute atomic E-state index is 0.187. The van der Waals surface area contributed by atoms with Gasteiger partial charge in [-0.05, 0) is 43.2 Å². The number of pyridine rings is 1. The van der Waals surface area contributed by atoms with Crippen LogP contribution in [0.3, 0.4) is 0 Å². The van der Waals surface area contributed by atoms with Crippen LogP contribution in [0, 0.1) is 13.8 Å². The number of aryl methyl sites for hydroxylation is 1. The predicted molar refractivity (Wildman–Crippen MR) is 88.5 cm³/mol. The van der Waals surface area contributed by atoms with Crippen LogP contribution in [0.2, 0.25) is 0 Å². The smallest absolute Gasteiger partial charge is 0.264 e. The summed E-state index contributed by atoms with van der Waals surface area (Å²) < 4.78 is 28.1. The van der Waals surface area contributed by atoms with E-state index in [0.717, 1.165) is 16.5 Å². The fraction of sp³-hybridized carbons (Fsp3) is 0.118. The maximum atomic E-state index is 12.7. The SMILES string of the molecule is Cc1cccc(NS(=O)(=O)c2cccc3cccnc23)c1C. The molecular formula is C17H16N2O2S. The van der Waals surface area contributed by atoms with E-state index in [0.29, 0.717) is 11.2 Å². The Labute approximate surface area is 129 Å². The Balaban J connectivity index is 2.11. The first kappa shape index (κ1) is 14.5. The van der Waals surface area contributed by atoms with Crippen LogP contribution in [-0.4, -0.2) is 13.4 Å². The van der Waals surface area contributed by atoms with Gasteiger partial charge in [0.1, 0.15) is 4.90 Å². The van der Waals surface area contributed by atoms with E-state index >= 15 is 0 Å². The highest BCUT2D eigenvalue weighted by Gasteiger charge is 2.19. The number of fused-ring (bicyclic) bond motifs is 1. The van der Waals surface area contributed by atoms with Crippen molar-refractivity contribution in [1.29, 1.82) is 0 Å². The highest BCUT2D eigenvalue weighted by Crippen LogP contribution is 2.25. The monoisotopic (exact) mass is 312 g/mol. The normalized spacial score (nSPS) is 11.5. The molecule has 0 atom stereocenters. The molecule has 22 heavy (non-hydrogen) atoms. The van der Waals surface area contributed by atoms with Gasteiger partial charge in [-0.15, -0.1) is 0 Å². The number of aromatic nitrogens is 1. The molecule has 3 aromatic rings. The van der Waals surface area contributed by atoms with Crippen LogP contribution in [0.1, 0.15) is 11.1 Å². The van der Waals surface area contributed by atoms with Gasteiger partial charge < -0.3 is 0 Å². The van der Waals surface area contributed by atoms with Crippen molar-refractivity contribution in [2.75, 3.05) is 4.72 Å². The molecule has 0 spiro atoms. The standard InChI is InChI=1S/C17H16N2O2S/c1-12-6-3-9-15(13(12)2)19-22(20,21)16-10-4-7-14-8-5-11-18-17(14)16/h3-11,19H,1-2H3. The second-order valence-corrected chi connectivity index (χ2v) is 6.84. The lowest BCUT2D eigenvalue weighted by Crippen LogP contribution is -2.14. The lowest BCUT2D eigenvalue weighted by Gasteiger charge is -2.13. The van der Waals surface area contributed by atoms with E-state index in [1.54, 1.807) is 30.5 Å². The Morgan fingerprint density at radius 2 is 1.68 bits per heavy atom. The van der Waals surface area contributed by atoms with Gasteiger partial charge in [0, 0.05) is 11.6 Å². The number of para-hydroxylation sites is 1. The number of anilines is 1. The number of hydrogen-bond acceptors (Lipinski definition) is 3. The molecule has 0 aliphatic rings. The quantitative estimate of drug-likeness (QED) is 0.803. The molecule has 0 aliphatic heterocycles. The summed E-state index contributed by atoms with van der Waals surface area (Å²) in [5, 5.41) is 0.798. The summed E-state index contributed by atoms with van der Waals surface area (Å²) in [6.07, 6.45) is 1.60. The maximum Gasteiger partial charge on any atom is 0.264 e. The summed E-state index contributed by atoms with van der Waals surface area (Å²) >= 11 is 0. The number of nitrogens with one attached hydrogen (secondary N) is 1. The highest BCUT2D eigenvalue weighted by molar-refractivity contribution is 7.93. The third-order valence-corrected chi connectivity index (χ3v) is 5.13. The lowest BCUT2D eigenvalue weighted by atomic mass is 10.1. The number of nitrogens with zero attached hydrogens (tertiary/aromatic N) is 1. The van der Waals surface area contributed by atoms with Crippen LogP contribution in [0.4, 0.5) is 5.69 Å². The molecule has 1 N–H and O–H groups in total. The summed E-state index contributed by atoms with van der Waals surface area (Å²) in [5.41, 5.74) is 3.02. The van der Waals surface area contributed by atoms with Gasteiger partial charge in [0.25, 0.3) is 10.0 Å². The third kappa shape index (κ3) is 2.55. The summed E-state index contributed by atoms with van der Waals surface area (Å²) in [4.78, 5) is 4.40. The summed E-state index contributed by atoms with van der Waals surface area (Å²) in [7, 11) is -3.69. The first-order valence-electron chi connectivity index (χ1n) is 6.92. The van der Waals surface area contributed by atoms with Crippen molar-refractivity contribution in [2.45, 2.75) is 18.7 Å². The van der Waals surface area contributed by atoms with Crippen molar-refractivity contribution in [3.05, 3.63) is 65.9 Å².